The van der Waals surface area contributed by atoms with E-state index < -0.39 is 0 Å². The zero-order valence-corrected chi connectivity index (χ0v) is 8.41. The number of benzene rings is 1. The van der Waals surface area contributed by atoms with E-state index in [0.717, 1.165) is 22.3 Å². The molecule has 0 fully saturated rings. The van der Waals surface area contributed by atoms with E-state index in [0.29, 0.717) is 6.54 Å². The van der Waals surface area contributed by atoms with Crippen LogP contribution in [0.2, 0.25) is 0 Å². The van der Waals surface area contributed by atoms with Crippen LogP contribution in [0.3, 0.4) is 0 Å². The number of aromatic amines is 1. The summed E-state index contributed by atoms with van der Waals surface area (Å²) in [7, 11) is 4.03. The van der Waals surface area contributed by atoms with Crippen LogP contribution in [-0.4, -0.2) is 24.3 Å². The fourth-order valence-corrected chi connectivity index (χ4v) is 1.48. The van der Waals surface area contributed by atoms with Gasteiger partial charge < -0.3 is 10.6 Å². The van der Waals surface area contributed by atoms with Crippen molar-refractivity contribution in [3.63, 3.8) is 0 Å². The molecule has 14 heavy (non-hydrogen) atoms. The minimum Gasteiger partial charge on any atom is -0.378 e. The zero-order valence-electron chi connectivity index (χ0n) is 8.41. The molecule has 74 valence electrons. The standard InChI is InChI=1S/C10H14N4/c1-14(2)7-3-4-9-8(5-7)10(6-11)13-12-9/h3-5H,6,11H2,1-2H3,(H,12,13). The van der Waals surface area contributed by atoms with Gasteiger partial charge in [0.05, 0.1) is 11.2 Å². The first-order valence-corrected chi connectivity index (χ1v) is 4.57. The average molecular weight is 190 g/mol. The highest BCUT2D eigenvalue weighted by molar-refractivity contribution is 5.84. The molecule has 0 aliphatic rings. The molecule has 0 aliphatic heterocycles. The topological polar surface area (TPSA) is 57.9 Å². The molecule has 3 N–H and O–H groups in total. The minimum atomic E-state index is 0.493. The zero-order chi connectivity index (χ0) is 10.1. The molecule has 0 amide bonds. The third-order valence-corrected chi connectivity index (χ3v) is 2.34. The fraction of sp³-hybridized carbons (Fsp3) is 0.300. The van der Waals surface area contributed by atoms with E-state index in [1.165, 1.54) is 0 Å². The molecule has 2 rings (SSSR count). The van der Waals surface area contributed by atoms with Gasteiger partial charge in [0.25, 0.3) is 0 Å². The van der Waals surface area contributed by atoms with Gasteiger partial charge in [-0.05, 0) is 18.2 Å². The van der Waals surface area contributed by atoms with Crippen LogP contribution in [0.25, 0.3) is 10.9 Å². The second kappa shape index (κ2) is 3.31. The van der Waals surface area contributed by atoms with Crippen molar-refractivity contribution >= 4 is 16.6 Å². The van der Waals surface area contributed by atoms with Gasteiger partial charge in [0.2, 0.25) is 0 Å². The van der Waals surface area contributed by atoms with Gasteiger partial charge in [-0.3, -0.25) is 5.10 Å². The SMILES string of the molecule is CN(C)c1ccc2n[nH]c(CN)c2c1. The summed E-state index contributed by atoms with van der Waals surface area (Å²) in [5.74, 6) is 0. The van der Waals surface area contributed by atoms with Crippen molar-refractivity contribution < 1.29 is 0 Å². The molecule has 0 aliphatic carbocycles. The molecule has 0 radical (unpaired) electrons. The Morgan fingerprint density at radius 1 is 1.43 bits per heavy atom. The monoisotopic (exact) mass is 190 g/mol. The lowest BCUT2D eigenvalue weighted by Crippen LogP contribution is -2.08. The third-order valence-electron chi connectivity index (χ3n) is 2.34. The first kappa shape index (κ1) is 9.02. The second-order valence-corrected chi connectivity index (χ2v) is 3.50. The molecule has 1 aromatic heterocycles. The molecule has 0 bridgehead atoms. The van der Waals surface area contributed by atoms with Gasteiger partial charge in [0.15, 0.2) is 0 Å². The molecular weight excluding hydrogens is 176 g/mol. The van der Waals surface area contributed by atoms with E-state index in [4.69, 9.17) is 5.73 Å². The summed E-state index contributed by atoms with van der Waals surface area (Å²) in [6.45, 7) is 0.493. The second-order valence-electron chi connectivity index (χ2n) is 3.50. The summed E-state index contributed by atoms with van der Waals surface area (Å²) >= 11 is 0. The highest BCUT2D eigenvalue weighted by atomic mass is 15.1. The molecule has 0 atom stereocenters. The molecule has 1 heterocycles. The van der Waals surface area contributed by atoms with Crippen molar-refractivity contribution in [1.29, 1.82) is 0 Å². The first-order chi connectivity index (χ1) is 6.72. The molecule has 2 aromatic rings. The Bertz CT molecular complexity index is 444. The Hall–Kier alpha value is -1.55. The summed E-state index contributed by atoms with van der Waals surface area (Å²) in [5.41, 5.74) is 8.72. The van der Waals surface area contributed by atoms with Gasteiger partial charge in [-0.15, -0.1) is 0 Å². The number of nitrogens with one attached hydrogen (secondary N) is 1. The van der Waals surface area contributed by atoms with Gasteiger partial charge >= 0.3 is 0 Å². The predicted molar refractivity (Wildman–Crippen MR) is 58.3 cm³/mol. The Kier molecular flexibility index (Phi) is 2.13. The van der Waals surface area contributed by atoms with Crippen molar-refractivity contribution in [1.82, 2.24) is 10.2 Å². The highest BCUT2D eigenvalue weighted by Crippen LogP contribution is 2.21. The summed E-state index contributed by atoms with van der Waals surface area (Å²) in [4.78, 5) is 2.06. The van der Waals surface area contributed by atoms with Crippen molar-refractivity contribution in [2.75, 3.05) is 19.0 Å². The van der Waals surface area contributed by atoms with Crippen LogP contribution in [0.15, 0.2) is 18.2 Å². The summed E-state index contributed by atoms with van der Waals surface area (Å²) in [6, 6.07) is 6.14. The van der Waals surface area contributed by atoms with Crippen molar-refractivity contribution in [2.45, 2.75) is 6.54 Å². The van der Waals surface area contributed by atoms with Gasteiger partial charge in [-0.25, -0.2) is 0 Å². The number of rotatable bonds is 2. The quantitative estimate of drug-likeness (QED) is 0.745. The van der Waals surface area contributed by atoms with Gasteiger partial charge in [-0.2, -0.15) is 5.10 Å². The van der Waals surface area contributed by atoms with Gasteiger partial charge in [-0.1, -0.05) is 0 Å². The minimum absolute atomic E-state index is 0.493. The Labute approximate surface area is 82.7 Å². The Morgan fingerprint density at radius 3 is 2.86 bits per heavy atom. The average Bonchev–Trinajstić information content (AvgIpc) is 2.59. The number of fused-ring (bicyclic) bond motifs is 1. The molecule has 0 saturated carbocycles. The molecule has 0 unspecified atom stereocenters. The maximum absolute atomic E-state index is 5.60. The van der Waals surface area contributed by atoms with E-state index >= 15 is 0 Å². The lowest BCUT2D eigenvalue weighted by molar-refractivity contribution is 0.959. The number of nitrogens with zero attached hydrogens (tertiary/aromatic N) is 2. The lowest BCUT2D eigenvalue weighted by atomic mass is 10.2. The summed E-state index contributed by atoms with van der Waals surface area (Å²) in [5, 5.41) is 8.21. The molecule has 4 heteroatoms. The summed E-state index contributed by atoms with van der Waals surface area (Å²) in [6.07, 6.45) is 0. The number of aromatic nitrogens is 2. The van der Waals surface area contributed by atoms with Crippen molar-refractivity contribution in [2.24, 2.45) is 5.73 Å². The van der Waals surface area contributed by atoms with Crippen LogP contribution in [0.5, 0.6) is 0 Å². The predicted octanol–water partition coefficient (Wildman–Crippen LogP) is 1.09. The normalized spacial score (nSPS) is 10.8. The molecular formula is C10H14N4. The maximum Gasteiger partial charge on any atom is 0.0925 e. The number of nitrogens with two attached hydrogens (primary N) is 1. The van der Waals surface area contributed by atoms with Gasteiger partial charge in [0, 0.05) is 31.7 Å². The van der Waals surface area contributed by atoms with Crippen molar-refractivity contribution in [3.8, 4) is 0 Å². The lowest BCUT2D eigenvalue weighted by Gasteiger charge is -2.11. The number of hydrogen-bond acceptors (Lipinski definition) is 3. The van der Waals surface area contributed by atoms with Crippen LogP contribution >= 0.6 is 0 Å². The smallest absolute Gasteiger partial charge is 0.0925 e. The maximum atomic E-state index is 5.60. The number of hydrogen-bond donors (Lipinski definition) is 2. The van der Waals surface area contributed by atoms with E-state index in [2.05, 4.69) is 21.2 Å². The molecule has 0 saturated heterocycles. The number of H-pyrrole nitrogens is 1. The third kappa shape index (κ3) is 1.33. The molecule has 0 spiro atoms. The highest BCUT2D eigenvalue weighted by Gasteiger charge is 2.04. The van der Waals surface area contributed by atoms with Crippen LogP contribution in [0, 0.1) is 0 Å². The largest absolute Gasteiger partial charge is 0.378 e. The summed E-state index contributed by atoms with van der Waals surface area (Å²) < 4.78 is 0. The molecule has 1 aromatic carbocycles. The van der Waals surface area contributed by atoms with Crippen LogP contribution < -0.4 is 10.6 Å². The Morgan fingerprint density at radius 2 is 2.21 bits per heavy atom. The van der Waals surface area contributed by atoms with E-state index in [1.807, 2.05) is 26.2 Å². The van der Waals surface area contributed by atoms with Crippen LogP contribution in [0.4, 0.5) is 5.69 Å². The van der Waals surface area contributed by atoms with Crippen LogP contribution in [0.1, 0.15) is 5.69 Å². The van der Waals surface area contributed by atoms with E-state index in [1.54, 1.807) is 0 Å². The first-order valence-electron chi connectivity index (χ1n) is 4.57. The fourth-order valence-electron chi connectivity index (χ4n) is 1.48. The van der Waals surface area contributed by atoms with Crippen molar-refractivity contribution in [3.05, 3.63) is 23.9 Å². The van der Waals surface area contributed by atoms with Crippen LogP contribution in [-0.2, 0) is 6.54 Å². The Balaban J connectivity index is 2.61. The van der Waals surface area contributed by atoms with E-state index in [9.17, 15) is 0 Å². The number of anilines is 1. The van der Waals surface area contributed by atoms with E-state index in [-0.39, 0.29) is 0 Å². The molecule has 4 nitrogen and oxygen atoms in total. The van der Waals surface area contributed by atoms with Gasteiger partial charge in [0.1, 0.15) is 0 Å².